The van der Waals surface area contributed by atoms with Crippen LogP contribution in [-0.2, 0) is 0 Å². The Balaban J connectivity index is 2.29. The Labute approximate surface area is 108 Å². The van der Waals surface area contributed by atoms with Crippen molar-refractivity contribution in [3.8, 4) is 5.82 Å². The summed E-state index contributed by atoms with van der Waals surface area (Å²) in [5.74, 6) is 0.671. The third-order valence-corrected chi connectivity index (χ3v) is 2.90. The van der Waals surface area contributed by atoms with Gasteiger partial charge in [-0.3, -0.25) is 4.57 Å². The van der Waals surface area contributed by atoms with Crippen molar-refractivity contribution >= 4 is 16.6 Å². The van der Waals surface area contributed by atoms with E-state index in [2.05, 4.69) is 15.4 Å². The molecule has 0 radical (unpaired) electrons. The minimum Gasteiger partial charge on any atom is -0.409 e. The van der Waals surface area contributed by atoms with Crippen LogP contribution in [0.4, 0.5) is 0 Å². The minimum atomic E-state index is 0.0275. The average molecular weight is 253 g/mol. The largest absolute Gasteiger partial charge is 0.409 e. The summed E-state index contributed by atoms with van der Waals surface area (Å²) in [6, 6.07) is 11.3. The van der Waals surface area contributed by atoms with Gasteiger partial charge in [0, 0.05) is 17.0 Å². The molecule has 2 aromatic heterocycles. The van der Waals surface area contributed by atoms with Crippen molar-refractivity contribution in [2.45, 2.75) is 0 Å². The number of nitrogens with two attached hydrogens (primary N) is 1. The van der Waals surface area contributed by atoms with Gasteiger partial charge in [-0.25, -0.2) is 0 Å². The number of aromatic nitrogens is 3. The normalized spacial score (nSPS) is 11.9. The standard InChI is InChI=1S/C13H11N5O/c14-12(17-19)11-6-3-7-18(11)13-10-5-2-1-4-9(10)8-15-16-13/h1-8,19H,(H2,14,17). The lowest BCUT2D eigenvalue weighted by Crippen LogP contribution is -2.18. The maximum atomic E-state index is 8.80. The van der Waals surface area contributed by atoms with E-state index in [-0.39, 0.29) is 5.84 Å². The molecule has 0 fully saturated rings. The molecule has 6 nitrogen and oxygen atoms in total. The first-order valence-corrected chi connectivity index (χ1v) is 5.67. The molecule has 3 N–H and O–H groups in total. The van der Waals surface area contributed by atoms with E-state index >= 15 is 0 Å². The van der Waals surface area contributed by atoms with Gasteiger partial charge >= 0.3 is 0 Å². The Morgan fingerprint density at radius 1 is 1.21 bits per heavy atom. The summed E-state index contributed by atoms with van der Waals surface area (Å²) in [4.78, 5) is 0. The van der Waals surface area contributed by atoms with Crippen LogP contribution < -0.4 is 5.73 Å². The lowest BCUT2D eigenvalue weighted by Gasteiger charge is -2.09. The Morgan fingerprint density at radius 2 is 2.05 bits per heavy atom. The van der Waals surface area contributed by atoms with E-state index in [0.29, 0.717) is 11.5 Å². The smallest absolute Gasteiger partial charge is 0.187 e. The van der Waals surface area contributed by atoms with Gasteiger partial charge in [-0.15, -0.1) is 5.10 Å². The van der Waals surface area contributed by atoms with E-state index in [0.717, 1.165) is 10.8 Å². The molecule has 0 atom stereocenters. The van der Waals surface area contributed by atoms with Crippen LogP contribution in [0.5, 0.6) is 0 Å². The van der Waals surface area contributed by atoms with Crippen molar-refractivity contribution in [2.24, 2.45) is 10.9 Å². The summed E-state index contributed by atoms with van der Waals surface area (Å²) in [5.41, 5.74) is 6.22. The SMILES string of the molecule is N/C(=N/O)c1cccn1-c1nncc2ccccc12. The molecule has 2 heterocycles. The number of rotatable bonds is 2. The fourth-order valence-corrected chi connectivity index (χ4v) is 2.02. The zero-order valence-electron chi connectivity index (χ0n) is 9.93. The van der Waals surface area contributed by atoms with Crippen LogP contribution in [0.15, 0.2) is 53.9 Å². The predicted octanol–water partition coefficient (Wildman–Crippen LogP) is 1.51. The fourth-order valence-electron chi connectivity index (χ4n) is 2.02. The number of amidine groups is 1. The molecular formula is C13H11N5O. The highest BCUT2D eigenvalue weighted by Gasteiger charge is 2.11. The molecule has 0 unspecified atom stereocenters. The lowest BCUT2D eigenvalue weighted by molar-refractivity contribution is 0.318. The molecule has 1 aromatic carbocycles. The first-order valence-electron chi connectivity index (χ1n) is 5.67. The lowest BCUT2D eigenvalue weighted by atomic mass is 10.2. The molecule has 3 rings (SSSR count). The molecule has 94 valence electrons. The van der Waals surface area contributed by atoms with Crippen LogP contribution in [0.3, 0.4) is 0 Å². The summed E-state index contributed by atoms with van der Waals surface area (Å²) in [6.07, 6.45) is 3.50. The molecular weight excluding hydrogens is 242 g/mol. The van der Waals surface area contributed by atoms with E-state index in [9.17, 15) is 0 Å². The van der Waals surface area contributed by atoms with Crippen LogP contribution >= 0.6 is 0 Å². The van der Waals surface area contributed by atoms with Gasteiger partial charge in [-0.05, 0) is 12.1 Å². The van der Waals surface area contributed by atoms with Crippen LogP contribution in [0, 0.1) is 0 Å². The highest BCUT2D eigenvalue weighted by molar-refractivity contribution is 5.97. The zero-order chi connectivity index (χ0) is 13.2. The molecule has 3 aromatic rings. The van der Waals surface area contributed by atoms with Crippen molar-refractivity contribution in [3.63, 3.8) is 0 Å². The van der Waals surface area contributed by atoms with E-state index in [4.69, 9.17) is 10.9 Å². The van der Waals surface area contributed by atoms with Crippen LogP contribution in [0.1, 0.15) is 5.69 Å². The number of fused-ring (bicyclic) bond motifs is 1. The van der Waals surface area contributed by atoms with Crippen molar-refractivity contribution < 1.29 is 5.21 Å². The molecule has 0 amide bonds. The average Bonchev–Trinajstić information content (AvgIpc) is 2.95. The number of hydrogen-bond donors (Lipinski definition) is 2. The van der Waals surface area contributed by atoms with Gasteiger partial charge in [-0.2, -0.15) is 5.10 Å². The number of oxime groups is 1. The minimum absolute atomic E-state index is 0.0275. The second kappa shape index (κ2) is 4.41. The maximum Gasteiger partial charge on any atom is 0.187 e. The quantitative estimate of drug-likeness (QED) is 0.313. The number of hydrogen-bond acceptors (Lipinski definition) is 4. The predicted molar refractivity (Wildman–Crippen MR) is 71.4 cm³/mol. The second-order valence-corrected chi connectivity index (χ2v) is 4.00. The van der Waals surface area contributed by atoms with Gasteiger partial charge in [0.1, 0.15) is 0 Å². The Bertz CT molecular complexity index is 757. The van der Waals surface area contributed by atoms with Gasteiger partial charge in [0.05, 0.1) is 11.9 Å². The zero-order valence-corrected chi connectivity index (χ0v) is 9.93. The summed E-state index contributed by atoms with van der Waals surface area (Å²) in [5, 5.41) is 21.9. The van der Waals surface area contributed by atoms with Crippen LogP contribution in [-0.4, -0.2) is 25.8 Å². The molecule has 0 bridgehead atoms. The second-order valence-electron chi connectivity index (χ2n) is 4.00. The van der Waals surface area contributed by atoms with E-state index < -0.39 is 0 Å². The first kappa shape index (κ1) is 11.2. The Morgan fingerprint density at radius 3 is 2.89 bits per heavy atom. The molecule has 19 heavy (non-hydrogen) atoms. The number of benzene rings is 1. The van der Waals surface area contributed by atoms with Crippen molar-refractivity contribution in [1.29, 1.82) is 0 Å². The summed E-state index contributed by atoms with van der Waals surface area (Å²) in [7, 11) is 0. The van der Waals surface area contributed by atoms with E-state index in [1.807, 2.05) is 24.3 Å². The van der Waals surface area contributed by atoms with Crippen LogP contribution in [0.2, 0.25) is 0 Å². The summed E-state index contributed by atoms with van der Waals surface area (Å²) < 4.78 is 1.74. The van der Waals surface area contributed by atoms with Gasteiger partial charge in [0.2, 0.25) is 0 Å². The molecule has 0 saturated heterocycles. The third-order valence-electron chi connectivity index (χ3n) is 2.90. The topological polar surface area (TPSA) is 89.3 Å². The number of nitrogens with zero attached hydrogens (tertiary/aromatic N) is 4. The summed E-state index contributed by atoms with van der Waals surface area (Å²) in [6.45, 7) is 0. The van der Waals surface area contributed by atoms with Crippen molar-refractivity contribution in [3.05, 3.63) is 54.5 Å². The van der Waals surface area contributed by atoms with Crippen LogP contribution in [0.25, 0.3) is 16.6 Å². The third kappa shape index (κ3) is 1.79. The fraction of sp³-hybridized carbons (Fsp3) is 0. The van der Waals surface area contributed by atoms with Gasteiger partial charge in [-0.1, -0.05) is 29.4 Å². The first-order chi connectivity index (χ1) is 9.31. The molecule has 0 saturated carbocycles. The van der Waals surface area contributed by atoms with E-state index in [1.54, 1.807) is 29.1 Å². The molecule has 0 aliphatic carbocycles. The monoisotopic (exact) mass is 253 g/mol. The van der Waals surface area contributed by atoms with Gasteiger partial charge < -0.3 is 10.9 Å². The summed E-state index contributed by atoms with van der Waals surface area (Å²) >= 11 is 0. The molecule has 0 aliphatic heterocycles. The van der Waals surface area contributed by atoms with Gasteiger partial charge in [0.25, 0.3) is 0 Å². The Hall–Kier alpha value is -2.89. The van der Waals surface area contributed by atoms with E-state index in [1.165, 1.54) is 0 Å². The Kier molecular flexibility index (Phi) is 2.60. The van der Waals surface area contributed by atoms with Crippen molar-refractivity contribution in [1.82, 2.24) is 14.8 Å². The highest BCUT2D eigenvalue weighted by atomic mass is 16.4. The highest BCUT2D eigenvalue weighted by Crippen LogP contribution is 2.20. The maximum absolute atomic E-state index is 8.80. The molecule has 6 heteroatoms. The molecule has 0 aliphatic rings. The molecule has 0 spiro atoms. The van der Waals surface area contributed by atoms with Crippen molar-refractivity contribution in [2.75, 3.05) is 0 Å². The van der Waals surface area contributed by atoms with Gasteiger partial charge in [0.15, 0.2) is 11.7 Å².